The second-order valence-electron chi connectivity index (χ2n) is 7.03. The maximum atomic E-state index is 6.36. The molecule has 8 nitrogen and oxygen atoms in total. The minimum atomic E-state index is 0.281. The molecule has 0 radical (unpaired) electrons. The highest BCUT2D eigenvalue weighted by Crippen LogP contribution is 2.26. The molecule has 0 unspecified atom stereocenters. The Morgan fingerprint density at radius 3 is 2.47 bits per heavy atom. The van der Waals surface area contributed by atoms with Crippen molar-refractivity contribution in [2.75, 3.05) is 41.9 Å². The molecule has 2 heterocycles. The molecule has 11 heteroatoms. The van der Waals surface area contributed by atoms with Crippen LogP contribution in [0.4, 0.5) is 23.5 Å². The van der Waals surface area contributed by atoms with Crippen molar-refractivity contribution >= 4 is 64.5 Å². The number of hydrogen-bond donors (Lipinski definition) is 2. The van der Waals surface area contributed by atoms with Crippen molar-refractivity contribution in [3.05, 3.63) is 62.6 Å². The van der Waals surface area contributed by atoms with Gasteiger partial charge in [0.05, 0.1) is 40.2 Å². The molecule has 1 aliphatic heterocycles. The van der Waals surface area contributed by atoms with Crippen molar-refractivity contribution in [2.24, 2.45) is 5.10 Å². The Bertz CT molecular complexity index is 1140. The fraction of sp³-hybridized carbons (Fsp3) is 0.238. The van der Waals surface area contributed by atoms with Crippen LogP contribution in [0.25, 0.3) is 0 Å². The van der Waals surface area contributed by atoms with Crippen LogP contribution in [-0.2, 0) is 4.74 Å². The maximum absolute atomic E-state index is 6.36. The molecular weight excluding hydrogens is 473 g/mol. The molecule has 0 amide bonds. The van der Waals surface area contributed by atoms with Crippen LogP contribution in [0.3, 0.4) is 0 Å². The molecule has 3 aromatic rings. The Morgan fingerprint density at radius 1 is 0.938 bits per heavy atom. The molecule has 166 valence electrons. The van der Waals surface area contributed by atoms with Gasteiger partial charge in [0, 0.05) is 13.1 Å². The smallest absolute Gasteiger partial charge is 0.250 e. The number of aryl methyl sites for hydroxylation is 1. The summed E-state index contributed by atoms with van der Waals surface area (Å²) in [6, 6.07) is 10.9. The van der Waals surface area contributed by atoms with E-state index < -0.39 is 0 Å². The Morgan fingerprint density at radius 2 is 1.72 bits per heavy atom. The van der Waals surface area contributed by atoms with E-state index in [0.717, 1.165) is 11.1 Å². The zero-order chi connectivity index (χ0) is 22.5. The highest BCUT2D eigenvalue weighted by Gasteiger charge is 2.17. The van der Waals surface area contributed by atoms with E-state index in [1.807, 2.05) is 30.0 Å². The van der Waals surface area contributed by atoms with Crippen LogP contribution in [0.5, 0.6) is 0 Å². The zero-order valence-corrected chi connectivity index (χ0v) is 19.4. The predicted octanol–water partition coefficient (Wildman–Crippen LogP) is 5.17. The van der Waals surface area contributed by atoms with Crippen molar-refractivity contribution in [3.8, 4) is 0 Å². The van der Waals surface area contributed by atoms with Crippen LogP contribution >= 0.6 is 34.8 Å². The summed E-state index contributed by atoms with van der Waals surface area (Å²) < 4.78 is 5.43. The number of morpholine rings is 1. The summed E-state index contributed by atoms with van der Waals surface area (Å²) in [7, 11) is 0. The third kappa shape index (κ3) is 5.77. The Hall–Kier alpha value is -2.65. The second kappa shape index (κ2) is 10.3. The number of aromatic nitrogens is 3. The third-order valence-corrected chi connectivity index (χ3v) is 5.66. The van der Waals surface area contributed by atoms with Crippen LogP contribution in [0, 0.1) is 6.92 Å². The van der Waals surface area contributed by atoms with E-state index in [-0.39, 0.29) is 5.95 Å². The first-order valence-corrected chi connectivity index (χ1v) is 11.0. The van der Waals surface area contributed by atoms with Crippen LogP contribution in [0.2, 0.25) is 15.1 Å². The van der Waals surface area contributed by atoms with Gasteiger partial charge in [-0.1, -0.05) is 46.9 Å². The maximum Gasteiger partial charge on any atom is 0.250 e. The second-order valence-corrected chi connectivity index (χ2v) is 8.26. The van der Waals surface area contributed by atoms with Gasteiger partial charge < -0.3 is 15.0 Å². The van der Waals surface area contributed by atoms with E-state index in [4.69, 9.17) is 39.5 Å². The molecule has 0 atom stereocenters. The summed E-state index contributed by atoms with van der Waals surface area (Å²) in [5, 5.41) is 8.89. The topological polar surface area (TPSA) is 87.6 Å². The van der Waals surface area contributed by atoms with Gasteiger partial charge in [-0.25, -0.2) is 5.43 Å². The van der Waals surface area contributed by atoms with Gasteiger partial charge in [-0.3, -0.25) is 0 Å². The summed E-state index contributed by atoms with van der Waals surface area (Å²) in [6.07, 6.45) is 1.60. The molecule has 1 aliphatic rings. The molecule has 1 fully saturated rings. The summed E-state index contributed by atoms with van der Waals surface area (Å²) in [4.78, 5) is 15.5. The SMILES string of the molecule is Cc1ccc(Nc2nc(N/N=C/c3ccc(Cl)c(Cl)c3)nc(N3CCOCC3)n2)c(Cl)c1. The largest absolute Gasteiger partial charge is 0.378 e. The molecule has 1 aromatic heterocycles. The highest BCUT2D eigenvalue weighted by molar-refractivity contribution is 6.42. The van der Waals surface area contributed by atoms with E-state index in [1.165, 1.54) is 0 Å². The molecule has 0 aliphatic carbocycles. The number of hydrogen-bond acceptors (Lipinski definition) is 8. The number of rotatable bonds is 6. The number of nitrogens with zero attached hydrogens (tertiary/aromatic N) is 5. The molecule has 0 spiro atoms. The lowest BCUT2D eigenvalue weighted by Crippen LogP contribution is -2.37. The Balaban J connectivity index is 1.58. The first-order valence-electron chi connectivity index (χ1n) is 9.84. The van der Waals surface area contributed by atoms with Crippen LogP contribution in [0.1, 0.15) is 11.1 Å². The van der Waals surface area contributed by atoms with Crippen LogP contribution in [0.15, 0.2) is 41.5 Å². The van der Waals surface area contributed by atoms with Crippen molar-refractivity contribution in [3.63, 3.8) is 0 Å². The van der Waals surface area contributed by atoms with Crippen molar-refractivity contribution in [2.45, 2.75) is 6.92 Å². The number of halogens is 3. The monoisotopic (exact) mass is 491 g/mol. The van der Waals surface area contributed by atoms with E-state index >= 15 is 0 Å². The first kappa shape index (κ1) is 22.5. The third-order valence-electron chi connectivity index (χ3n) is 4.61. The van der Waals surface area contributed by atoms with Crippen molar-refractivity contribution in [1.29, 1.82) is 0 Å². The van der Waals surface area contributed by atoms with Gasteiger partial charge in [0.1, 0.15) is 0 Å². The molecule has 4 rings (SSSR count). The number of ether oxygens (including phenoxy) is 1. The highest BCUT2D eigenvalue weighted by atomic mass is 35.5. The van der Waals surface area contributed by atoms with Gasteiger partial charge >= 0.3 is 0 Å². The van der Waals surface area contributed by atoms with E-state index in [0.29, 0.717) is 59.0 Å². The molecule has 2 aromatic carbocycles. The predicted molar refractivity (Wildman–Crippen MR) is 130 cm³/mol. The van der Waals surface area contributed by atoms with Gasteiger partial charge in [0.15, 0.2) is 0 Å². The molecule has 1 saturated heterocycles. The van der Waals surface area contributed by atoms with E-state index in [1.54, 1.807) is 24.4 Å². The minimum absolute atomic E-state index is 0.281. The van der Waals surface area contributed by atoms with Crippen molar-refractivity contribution in [1.82, 2.24) is 15.0 Å². The standard InChI is InChI=1S/C21H20Cl3N7O/c1-13-2-5-18(17(24)10-13)26-19-27-20(29-21(28-19)31-6-8-32-9-7-31)30-25-12-14-3-4-15(22)16(23)11-14/h2-5,10-12H,6-9H2,1H3,(H2,26,27,28,29,30)/b25-12+. The fourth-order valence-electron chi connectivity index (χ4n) is 2.97. The first-order chi connectivity index (χ1) is 15.5. The Labute approximate surface area is 200 Å². The normalized spacial score (nSPS) is 14.1. The van der Waals surface area contributed by atoms with Crippen LogP contribution < -0.4 is 15.6 Å². The number of benzene rings is 2. The van der Waals surface area contributed by atoms with Gasteiger partial charge in [-0.05, 0) is 42.3 Å². The fourth-order valence-corrected chi connectivity index (χ4v) is 3.56. The van der Waals surface area contributed by atoms with Gasteiger partial charge in [0.2, 0.25) is 17.8 Å². The van der Waals surface area contributed by atoms with E-state index in [2.05, 4.69) is 30.8 Å². The molecule has 0 bridgehead atoms. The number of nitrogens with one attached hydrogen (secondary N) is 2. The summed E-state index contributed by atoms with van der Waals surface area (Å²) >= 11 is 18.4. The van der Waals surface area contributed by atoms with Gasteiger partial charge in [-0.2, -0.15) is 20.1 Å². The molecule has 2 N–H and O–H groups in total. The summed E-state index contributed by atoms with van der Waals surface area (Å²) in [6.45, 7) is 4.55. The lowest BCUT2D eigenvalue weighted by atomic mass is 10.2. The summed E-state index contributed by atoms with van der Waals surface area (Å²) in [5.41, 5.74) is 5.39. The summed E-state index contributed by atoms with van der Waals surface area (Å²) in [5.74, 6) is 1.14. The number of anilines is 4. The van der Waals surface area contributed by atoms with Gasteiger partial charge in [-0.15, -0.1) is 0 Å². The van der Waals surface area contributed by atoms with Gasteiger partial charge in [0.25, 0.3) is 0 Å². The van der Waals surface area contributed by atoms with E-state index in [9.17, 15) is 0 Å². The van der Waals surface area contributed by atoms with Crippen LogP contribution in [-0.4, -0.2) is 47.5 Å². The number of hydrazone groups is 1. The lowest BCUT2D eigenvalue weighted by molar-refractivity contribution is 0.122. The molecular formula is C21H20Cl3N7O. The average molecular weight is 493 g/mol. The minimum Gasteiger partial charge on any atom is -0.378 e. The molecule has 0 saturated carbocycles. The Kier molecular flexibility index (Phi) is 7.26. The zero-order valence-electron chi connectivity index (χ0n) is 17.1. The average Bonchev–Trinajstić information content (AvgIpc) is 2.79. The molecule has 32 heavy (non-hydrogen) atoms. The quantitative estimate of drug-likeness (QED) is 0.363. The lowest BCUT2D eigenvalue weighted by Gasteiger charge is -2.27. The van der Waals surface area contributed by atoms with Crippen molar-refractivity contribution < 1.29 is 4.74 Å².